The number of likely N-dealkylation sites (tertiary alicyclic amines) is 1. The fourth-order valence-corrected chi connectivity index (χ4v) is 10.7. The van der Waals surface area contributed by atoms with Crippen LogP contribution in [0.1, 0.15) is 99.5 Å². The number of thiazole rings is 1. The van der Waals surface area contributed by atoms with Crippen LogP contribution in [0.15, 0.2) is 96.0 Å². The van der Waals surface area contributed by atoms with E-state index < -0.39 is 64.7 Å². The quantitative estimate of drug-likeness (QED) is 0.0892. The number of alkyl halides is 1. The van der Waals surface area contributed by atoms with Gasteiger partial charge in [-0.25, -0.2) is 18.2 Å². The number of aliphatic hydroxyl groups excluding tert-OH is 1. The maximum atomic E-state index is 16.2. The monoisotopic (exact) mass is 977 g/mol. The smallest absolute Gasteiger partial charge is 0.246 e. The molecule has 15 heteroatoms. The number of nitrogens with one attached hydrogen (secondary N) is 2. The Labute approximate surface area is 412 Å². The van der Waals surface area contributed by atoms with Crippen LogP contribution in [0.25, 0.3) is 16.0 Å². The SMILES string of the molecule is Cc1ncsc1-c1ccc(CNC(=O)[C@@H]2C[C@@H](O)CN2C(=O)[C@@H](NC(=O)COCc2ccc(COc3cc(F)c([C@@H]4C5=C(C[C@@H](C)N4CC(C)(C)F)c4ccccc4C5)c(F)c3)cc2)C(C)(C)C)cc1. The molecule has 5 aromatic rings. The molecule has 0 spiro atoms. The van der Waals surface area contributed by atoms with Gasteiger partial charge in [0.15, 0.2) is 0 Å². The Morgan fingerprint density at radius 1 is 0.929 bits per heavy atom. The highest BCUT2D eigenvalue weighted by Gasteiger charge is 2.45. The van der Waals surface area contributed by atoms with Gasteiger partial charge in [0.25, 0.3) is 0 Å². The summed E-state index contributed by atoms with van der Waals surface area (Å²) in [6, 6.07) is 22.5. The molecule has 1 fully saturated rings. The molecule has 1 aromatic heterocycles. The van der Waals surface area contributed by atoms with E-state index in [4.69, 9.17) is 9.47 Å². The third-order valence-electron chi connectivity index (χ3n) is 13.4. The number of aliphatic hydroxyl groups is 1. The fourth-order valence-electron chi connectivity index (χ4n) is 9.89. The number of nitrogens with zero attached hydrogens (tertiary/aromatic N) is 3. The van der Waals surface area contributed by atoms with Crippen LogP contribution in [-0.4, -0.2) is 87.2 Å². The Kier molecular flexibility index (Phi) is 15.0. The van der Waals surface area contributed by atoms with Gasteiger partial charge in [-0.3, -0.25) is 19.3 Å². The first kappa shape index (κ1) is 50.5. The molecule has 0 radical (unpaired) electrons. The van der Waals surface area contributed by atoms with Crippen molar-refractivity contribution in [1.29, 1.82) is 0 Å². The topological polar surface area (TPSA) is 133 Å². The van der Waals surface area contributed by atoms with Crippen molar-refractivity contribution in [1.82, 2.24) is 25.4 Å². The molecule has 3 amide bonds. The Morgan fingerprint density at radius 2 is 1.59 bits per heavy atom. The number of halogens is 3. The van der Waals surface area contributed by atoms with Crippen molar-refractivity contribution in [3.63, 3.8) is 0 Å². The van der Waals surface area contributed by atoms with Gasteiger partial charge in [0, 0.05) is 49.8 Å². The maximum absolute atomic E-state index is 16.2. The van der Waals surface area contributed by atoms with E-state index in [0.29, 0.717) is 12.8 Å². The summed E-state index contributed by atoms with van der Waals surface area (Å²) in [6.07, 6.45) is 0.367. The molecule has 0 saturated carbocycles. The van der Waals surface area contributed by atoms with Gasteiger partial charge in [-0.05, 0) is 90.5 Å². The van der Waals surface area contributed by atoms with Crippen molar-refractivity contribution in [2.45, 2.75) is 123 Å². The molecule has 3 N–H and O–H groups in total. The molecule has 1 saturated heterocycles. The zero-order valence-electron chi connectivity index (χ0n) is 40.8. The molecule has 5 atom stereocenters. The average Bonchev–Trinajstić information content (AvgIpc) is 4.03. The molecule has 0 bridgehead atoms. The maximum Gasteiger partial charge on any atom is 0.246 e. The average molecular weight is 978 g/mol. The first-order valence-corrected chi connectivity index (χ1v) is 24.7. The number of ether oxygens (including phenoxy) is 2. The van der Waals surface area contributed by atoms with E-state index in [1.807, 2.05) is 88.0 Å². The molecule has 3 aliphatic rings. The number of hydrogen-bond donors (Lipinski definition) is 3. The Bertz CT molecular complexity index is 2730. The molecule has 3 heterocycles. The summed E-state index contributed by atoms with van der Waals surface area (Å²) in [5.74, 6) is -2.89. The van der Waals surface area contributed by atoms with E-state index in [1.165, 1.54) is 30.9 Å². The number of amides is 3. The molecule has 70 heavy (non-hydrogen) atoms. The third-order valence-corrected chi connectivity index (χ3v) is 14.3. The third kappa shape index (κ3) is 11.5. The number of carbonyl (C=O) groups excluding carboxylic acids is 3. The molecule has 370 valence electrons. The van der Waals surface area contributed by atoms with Crippen LogP contribution in [0.3, 0.4) is 0 Å². The van der Waals surface area contributed by atoms with Crippen molar-refractivity contribution >= 4 is 34.6 Å². The second-order valence-electron chi connectivity index (χ2n) is 20.5. The summed E-state index contributed by atoms with van der Waals surface area (Å²) < 4.78 is 59.3. The van der Waals surface area contributed by atoms with Gasteiger partial charge < -0.3 is 30.1 Å². The van der Waals surface area contributed by atoms with Crippen molar-refractivity contribution in [2.75, 3.05) is 19.7 Å². The largest absolute Gasteiger partial charge is 0.489 e. The molecule has 2 aliphatic heterocycles. The molecule has 8 rings (SSSR count). The van der Waals surface area contributed by atoms with Crippen LogP contribution in [0.5, 0.6) is 5.75 Å². The lowest BCUT2D eigenvalue weighted by atomic mass is 9.84. The number of hydrogen-bond acceptors (Lipinski definition) is 9. The predicted octanol–water partition coefficient (Wildman–Crippen LogP) is 9.19. The second-order valence-corrected chi connectivity index (χ2v) is 21.4. The van der Waals surface area contributed by atoms with Crippen LogP contribution in [0, 0.1) is 24.0 Å². The van der Waals surface area contributed by atoms with E-state index in [9.17, 15) is 19.5 Å². The first-order chi connectivity index (χ1) is 33.2. The van der Waals surface area contributed by atoms with E-state index in [1.54, 1.807) is 41.1 Å². The first-order valence-electron chi connectivity index (χ1n) is 23.8. The Hall–Kier alpha value is -5.87. The van der Waals surface area contributed by atoms with Gasteiger partial charge in [0.05, 0.1) is 34.8 Å². The van der Waals surface area contributed by atoms with Gasteiger partial charge in [0.1, 0.15) is 48.4 Å². The minimum Gasteiger partial charge on any atom is -0.489 e. The summed E-state index contributed by atoms with van der Waals surface area (Å²) in [5, 5.41) is 16.3. The van der Waals surface area contributed by atoms with Gasteiger partial charge in [-0.2, -0.15) is 0 Å². The number of β-amino-alcohol motifs (C(OH)–C–C–N with tert-alkyl or cyclic N) is 1. The molecule has 1 aliphatic carbocycles. The molecule has 11 nitrogen and oxygen atoms in total. The van der Waals surface area contributed by atoms with Crippen molar-refractivity contribution in [3.05, 3.63) is 147 Å². The summed E-state index contributed by atoms with van der Waals surface area (Å²) in [4.78, 5) is 49.4. The lowest BCUT2D eigenvalue weighted by molar-refractivity contribution is -0.144. The Balaban J connectivity index is 0.836. The summed E-state index contributed by atoms with van der Waals surface area (Å²) >= 11 is 1.56. The second kappa shape index (κ2) is 20.8. The highest BCUT2D eigenvalue weighted by atomic mass is 32.1. The summed E-state index contributed by atoms with van der Waals surface area (Å²) in [6.45, 7) is 12.3. The van der Waals surface area contributed by atoms with Crippen LogP contribution >= 0.6 is 11.3 Å². The van der Waals surface area contributed by atoms with E-state index in [-0.39, 0.29) is 63.2 Å². The van der Waals surface area contributed by atoms with Crippen LogP contribution in [0.2, 0.25) is 0 Å². The minimum absolute atomic E-state index is 0.0116. The molecule has 0 unspecified atom stereocenters. The van der Waals surface area contributed by atoms with Crippen molar-refractivity contribution in [3.8, 4) is 16.2 Å². The number of fused-ring (bicyclic) bond motifs is 2. The van der Waals surface area contributed by atoms with Gasteiger partial charge >= 0.3 is 0 Å². The predicted molar refractivity (Wildman–Crippen MR) is 264 cm³/mol. The lowest BCUT2D eigenvalue weighted by Crippen LogP contribution is -2.58. The normalized spacial score (nSPS) is 19.7. The number of benzene rings is 4. The van der Waals surface area contributed by atoms with Gasteiger partial charge in [-0.15, -0.1) is 11.3 Å². The fraction of sp³-hybridized carbons (Fsp3) is 0.418. The molecular weight excluding hydrogens is 916 g/mol. The number of carbonyl (C=O) groups is 3. The van der Waals surface area contributed by atoms with Gasteiger partial charge in [-0.1, -0.05) is 93.6 Å². The van der Waals surface area contributed by atoms with Crippen LogP contribution < -0.4 is 15.4 Å². The van der Waals surface area contributed by atoms with Crippen LogP contribution in [-0.2, 0) is 45.3 Å². The molecular formula is C55H62F3N5O6S. The summed E-state index contributed by atoms with van der Waals surface area (Å²) in [5.41, 5.74) is 7.86. The zero-order valence-corrected chi connectivity index (χ0v) is 41.6. The zero-order chi connectivity index (χ0) is 50.1. The van der Waals surface area contributed by atoms with E-state index in [2.05, 4.69) is 15.6 Å². The highest BCUT2D eigenvalue weighted by molar-refractivity contribution is 7.13. The number of aromatic nitrogens is 1. The number of aryl methyl sites for hydroxylation is 1. The van der Waals surface area contributed by atoms with Gasteiger partial charge in [0.2, 0.25) is 17.7 Å². The van der Waals surface area contributed by atoms with Crippen molar-refractivity contribution < 1.29 is 42.1 Å². The number of rotatable bonds is 16. The standard InChI is InChI=1S/C55H62F3N5O6S/c1-32-20-42-41-11-9-8-10-38(41)21-43(42)49(63(32)30-55(6,7)58)48-44(56)23-40(24-45(48)57)69-28-36-14-12-35(13-15-36)27-68-29-47(65)61-51(54(3,4)5)53(67)62-26-39(64)22-46(62)52(66)59-25-34-16-18-37(19-17-34)50-33(2)60-31-70-50/h8-19,23-24,31-32,39,46,49,51,64H,20-22,25-30H2,1-7H3,(H,59,66)(H,61,65)/t32-,39-,46+,49+,51-/m1/s1. The van der Waals surface area contributed by atoms with E-state index in [0.717, 1.165) is 55.1 Å². The summed E-state index contributed by atoms with van der Waals surface area (Å²) in [7, 11) is 0. The molecule has 4 aromatic carbocycles. The Morgan fingerprint density at radius 3 is 2.23 bits per heavy atom. The highest BCUT2D eigenvalue weighted by Crippen LogP contribution is 2.50. The van der Waals surface area contributed by atoms with Crippen molar-refractivity contribution in [2.24, 2.45) is 5.41 Å². The van der Waals surface area contributed by atoms with E-state index >= 15 is 13.2 Å². The van der Waals surface area contributed by atoms with Crippen LogP contribution in [0.4, 0.5) is 13.2 Å². The lowest BCUT2D eigenvalue weighted by Gasteiger charge is -2.44. The minimum atomic E-state index is -1.59.